The van der Waals surface area contributed by atoms with Crippen molar-refractivity contribution in [2.45, 2.75) is 6.54 Å². The minimum absolute atomic E-state index is 0.0699. The second-order valence-electron chi connectivity index (χ2n) is 4.92. The molecule has 0 unspecified atom stereocenters. The third-order valence-electron chi connectivity index (χ3n) is 3.11. The largest absolute Gasteiger partial charge is 0.493 e. The van der Waals surface area contributed by atoms with Gasteiger partial charge in [0.2, 0.25) is 5.78 Å². The number of benzene rings is 1. The molecule has 112 valence electrons. The van der Waals surface area contributed by atoms with Crippen molar-refractivity contribution in [2.24, 2.45) is 0 Å². The van der Waals surface area contributed by atoms with Crippen molar-refractivity contribution in [1.82, 2.24) is 14.7 Å². The van der Waals surface area contributed by atoms with Crippen molar-refractivity contribution in [2.75, 3.05) is 27.7 Å². The number of likely N-dealkylation sites (N-methyl/N-ethyl adjacent to an activating group) is 1. The monoisotopic (exact) mass is 399 g/mol. The lowest BCUT2D eigenvalue weighted by Crippen LogP contribution is -2.22. The standard InChI is InChI=1S/C15H18IN3O2/c1-18(2)8-9-19-14(13(21-3)10-17-19)15(20)11-4-6-12(16)7-5-11/h4-7,10H,8-9H2,1-3H3. The van der Waals surface area contributed by atoms with E-state index in [9.17, 15) is 4.79 Å². The summed E-state index contributed by atoms with van der Waals surface area (Å²) in [6.45, 7) is 1.44. The minimum Gasteiger partial charge on any atom is -0.493 e. The van der Waals surface area contributed by atoms with Crippen molar-refractivity contribution in [3.8, 4) is 5.75 Å². The number of hydrogen-bond donors (Lipinski definition) is 0. The van der Waals surface area contributed by atoms with Gasteiger partial charge in [-0.05, 0) is 61.0 Å². The first-order valence-corrected chi connectivity index (χ1v) is 7.65. The van der Waals surface area contributed by atoms with E-state index in [1.807, 2.05) is 43.3 Å². The van der Waals surface area contributed by atoms with Gasteiger partial charge in [-0.1, -0.05) is 0 Å². The summed E-state index contributed by atoms with van der Waals surface area (Å²) in [7, 11) is 5.53. The van der Waals surface area contributed by atoms with Crippen molar-refractivity contribution < 1.29 is 9.53 Å². The quantitative estimate of drug-likeness (QED) is 0.553. The zero-order chi connectivity index (χ0) is 15.4. The Hall–Kier alpha value is -1.41. The third kappa shape index (κ3) is 3.82. The van der Waals surface area contributed by atoms with Gasteiger partial charge in [0.15, 0.2) is 11.4 Å². The Morgan fingerprint density at radius 3 is 2.57 bits per heavy atom. The van der Waals surface area contributed by atoms with Crippen LogP contribution in [0.15, 0.2) is 30.5 Å². The molecule has 6 heteroatoms. The highest BCUT2D eigenvalue weighted by molar-refractivity contribution is 14.1. The van der Waals surface area contributed by atoms with Crippen molar-refractivity contribution in [1.29, 1.82) is 0 Å². The van der Waals surface area contributed by atoms with E-state index in [1.165, 1.54) is 0 Å². The van der Waals surface area contributed by atoms with E-state index in [-0.39, 0.29) is 5.78 Å². The molecular weight excluding hydrogens is 381 g/mol. The predicted molar refractivity (Wildman–Crippen MR) is 89.9 cm³/mol. The molecule has 2 aromatic rings. The average molecular weight is 399 g/mol. The highest BCUT2D eigenvalue weighted by atomic mass is 127. The van der Waals surface area contributed by atoms with Gasteiger partial charge in [-0.2, -0.15) is 5.10 Å². The van der Waals surface area contributed by atoms with E-state index >= 15 is 0 Å². The van der Waals surface area contributed by atoms with E-state index < -0.39 is 0 Å². The van der Waals surface area contributed by atoms with Gasteiger partial charge in [-0.25, -0.2) is 0 Å². The zero-order valence-electron chi connectivity index (χ0n) is 12.3. The molecule has 0 bridgehead atoms. The van der Waals surface area contributed by atoms with Gasteiger partial charge in [-0.15, -0.1) is 0 Å². The summed E-state index contributed by atoms with van der Waals surface area (Å²) in [5.41, 5.74) is 1.14. The number of ketones is 1. The molecule has 0 saturated heterocycles. The van der Waals surface area contributed by atoms with Crippen LogP contribution in [-0.4, -0.2) is 48.2 Å². The van der Waals surface area contributed by atoms with Crippen LogP contribution in [0.3, 0.4) is 0 Å². The molecule has 2 rings (SSSR count). The van der Waals surface area contributed by atoms with Crippen LogP contribution >= 0.6 is 22.6 Å². The third-order valence-corrected chi connectivity index (χ3v) is 3.83. The Kier molecular flexibility index (Phi) is 5.35. The van der Waals surface area contributed by atoms with E-state index in [2.05, 4.69) is 27.7 Å². The lowest BCUT2D eigenvalue weighted by atomic mass is 10.1. The molecule has 0 aliphatic rings. The van der Waals surface area contributed by atoms with Crippen molar-refractivity contribution in [3.63, 3.8) is 0 Å². The summed E-state index contributed by atoms with van der Waals surface area (Å²) in [5, 5.41) is 4.27. The maximum atomic E-state index is 12.7. The summed E-state index contributed by atoms with van der Waals surface area (Å²) >= 11 is 2.22. The van der Waals surface area contributed by atoms with Crippen LogP contribution in [0.25, 0.3) is 0 Å². The fourth-order valence-electron chi connectivity index (χ4n) is 1.95. The van der Waals surface area contributed by atoms with Gasteiger partial charge < -0.3 is 9.64 Å². The molecule has 1 aromatic heterocycles. The lowest BCUT2D eigenvalue weighted by Gasteiger charge is -2.12. The molecule has 21 heavy (non-hydrogen) atoms. The van der Waals surface area contributed by atoms with Gasteiger partial charge in [-0.3, -0.25) is 9.48 Å². The van der Waals surface area contributed by atoms with Crippen LogP contribution in [0.5, 0.6) is 5.75 Å². The van der Waals surface area contributed by atoms with Gasteiger partial charge in [0, 0.05) is 15.7 Å². The number of aromatic nitrogens is 2. The zero-order valence-corrected chi connectivity index (χ0v) is 14.5. The summed E-state index contributed by atoms with van der Waals surface area (Å²) in [5.74, 6) is 0.441. The van der Waals surface area contributed by atoms with Gasteiger partial charge in [0.05, 0.1) is 19.9 Å². The number of hydrogen-bond acceptors (Lipinski definition) is 4. The molecule has 1 aromatic carbocycles. The summed E-state index contributed by atoms with van der Waals surface area (Å²) < 4.78 is 8.08. The molecule has 0 spiro atoms. The maximum Gasteiger partial charge on any atom is 0.214 e. The maximum absolute atomic E-state index is 12.7. The number of carbonyl (C=O) groups is 1. The Morgan fingerprint density at radius 1 is 1.33 bits per heavy atom. The van der Waals surface area contributed by atoms with Crippen LogP contribution in [0.1, 0.15) is 16.1 Å². The normalized spacial score (nSPS) is 10.9. The molecule has 0 aliphatic carbocycles. The first kappa shape index (κ1) is 16.0. The highest BCUT2D eigenvalue weighted by Gasteiger charge is 2.20. The molecule has 5 nitrogen and oxygen atoms in total. The molecule has 0 aliphatic heterocycles. The van der Waals surface area contributed by atoms with E-state index in [4.69, 9.17) is 4.74 Å². The number of ether oxygens (including phenoxy) is 1. The Bertz CT molecular complexity index is 620. The molecule has 0 N–H and O–H groups in total. The fraction of sp³-hybridized carbons (Fsp3) is 0.333. The van der Waals surface area contributed by atoms with E-state index in [0.29, 0.717) is 23.6 Å². The predicted octanol–water partition coefficient (Wildman–Crippen LogP) is 2.29. The Balaban J connectivity index is 2.34. The van der Waals surface area contributed by atoms with Crippen molar-refractivity contribution >= 4 is 28.4 Å². The molecule has 0 radical (unpaired) electrons. The highest BCUT2D eigenvalue weighted by Crippen LogP contribution is 2.21. The van der Waals surface area contributed by atoms with Crippen LogP contribution in [0.4, 0.5) is 0 Å². The van der Waals surface area contributed by atoms with Crippen molar-refractivity contribution in [3.05, 3.63) is 45.3 Å². The number of carbonyl (C=O) groups excluding carboxylic acids is 1. The van der Waals surface area contributed by atoms with Gasteiger partial charge in [0.25, 0.3) is 0 Å². The molecule has 0 saturated carbocycles. The molecule has 0 amide bonds. The molecular formula is C15H18IN3O2. The van der Waals surface area contributed by atoms with Gasteiger partial charge in [0.1, 0.15) is 0 Å². The summed E-state index contributed by atoms with van der Waals surface area (Å²) in [4.78, 5) is 14.8. The fourth-order valence-corrected chi connectivity index (χ4v) is 2.31. The Morgan fingerprint density at radius 2 is 2.00 bits per heavy atom. The number of nitrogens with zero attached hydrogens (tertiary/aromatic N) is 3. The SMILES string of the molecule is COc1cnn(CCN(C)C)c1C(=O)c1ccc(I)cc1. The minimum atomic E-state index is -0.0699. The second-order valence-corrected chi connectivity index (χ2v) is 6.17. The average Bonchev–Trinajstić information content (AvgIpc) is 2.88. The first-order valence-electron chi connectivity index (χ1n) is 6.57. The number of halogens is 1. The molecule has 0 atom stereocenters. The van der Waals surface area contributed by atoms with Gasteiger partial charge >= 0.3 is 0 Å². The van der Waals surface area contributed by atoms with Crippen LogP contribution in [-0.2, 0) is 6.54 Å². The first-order chi connectivity index (χ1) is 10.0. The number of methoxy groups -OCH3 is 1. The van der Waals surface area contributed by atoms with Crippen LogP contribution in [0, 0.1) is 3.57 Å². The topological polar surface area (TPSA) is 47.4 Å². The molecule has 1 heterocycles. The summed E-state index contributed by atoms with van der Waals surface area (Å²) in [6, 6.07) is 7.49. The number of rotatable bonds is 6. The second kappa shape index (κ2) is 7.04. The van der Waals surface area contributed by atoms with Crippen LogP contribution in [0.2, 0.25) is 0 Å². The lowest BCUT2D eigenvalue weighted by molar-refractivity contribution is 0.102. The smallest absolute Gasteiger partial charge is 0.214 e. The van der Waals surface area contributed by atoms with E-state index in [0.717, 1.165) is 10.1 Å². The van der Waals surface area contributed by atoms with Crippen LogP contribution < -0.4 is 4.74 Å². The molecule has 0 fully saturated rings. The van der Waals surface area contributed by atoms with E-state index in [1.54, 1.807) is 18.0 Å². The summed E-state index contributed by atoms with van der Waals surface area (Å²) in [6.07, 6.45) is 1.59. The Labute approximate surface area is 138 Å².